The molecular formula is C14H12FN5O2. The second kappa shape index (κ2) is 6.08. The predicted octanol–water partition coefficient (Wildman–Crippen LogP) is 2.53. The fourth-order valence-corrected chi connectivity index (χ4v) is 1.80. The molecule has 0 saturated heterocycles. The minimum atomic E-state index is -0.471. The van der Waals surface area contributed by atoms with Gasteiger partial charge >= 0.3 is 6.03 Å². The topological polar surface area (TPSA) is 95.8 Å². The van der Waals surface area contributed by atoms with Crippen molar-refractivity contribution in [2.75, 3.05) is 5.32 Å². The molecule has 0 atom stereocenters. The van der Waals surface area contributed by atoms with Crippen molar-refractivity contribution in [3.63, 3.8) is 0 Å². The lowest BCUT2D eigenvalue weighted by Crippen LogP contribution is -2.28. The van der Waals surface area contributed by atoms with Gasteiger partial charge < -0.3 is 15.1 Å². The van der Waals surface area contributed by atoms with Crippen molar-refractivity contribution in [3.8, 4) is 11.6 Å². The monoisotopic (exact) mass is 301 g/mol. The molecule has 0 radical (unpaired) electrons. The molecule has 0 spiro atoms. The third kappa shape index (κ3) is 3.29. The Morgan fingerprint density at radius 2 is 2.23 bits per heavy atom. The number of rotatable bonds is 4. The van der Waals surface area contributed by atoms with Gasteiger partial charge in [0.25, 0.3) is 0 Å². The predicted molar refractivity (Wildman–Crippen MR) is 76.3 cm³/mol. The van der Waals surface area contributed by atoms with Gasteiger partial charge in [-0.2, -0.15) is 0 Å². The maximum absolute atomic E-state index is 13.0. The van der Waals surface area contributed by atoms with Gasteiger partial charge in [0.1, 0.15) is 11.6 Å². The van der Waals surface area contributed by atoms with Crippen molar-refractivity contribution in [2.24, 2.45) is 0 Å². The first-order valence-corrected chi connectivity index (χ1v) is 6.46. The molecular weight excluding hydrogens is 289 g/mol. The second-order valence-corrected chi connectivity index (χ2v) is 4.40. The summed E-state index contributed by atoms with van der Waals surface area (Å²) in [7, 11) is 0. The van der Waals surface area contributed by atoms with Crippen LogP contribution in [-0.4, -0.2) is 21.2 Å². The summed E-state index contributed by atoms with van der Waals surface area (Å²) in [5.41, 5.74) is 0.367. The molecule has 2 amide bonds. The summed E-state index contributed by atoms with van der Waals surface area (Å²) in [6.45, 7) is 0.148. The summed E-state index contributed by atoms with van der Waals surface area (Å²) in [5.74, 6) is 0.996. The van der Waals surface area contributed by atoms with Crippen LogP contribution in [0.1, 0.15) is 5.82 Å². The van der Waals surface area contributed by atoms with Crippen molar-refractivity contribution in [1.29, 1.82) is 0 Å². The molecule has 0 unspecified atom stereocenters. The van der Waals surface area contributed by atoms with Crippen LogP contribution in [-0.2, 0) is 6.54 Å². The number of nitrogens with one attached hydrogen (secondary N) is 3. The van der Waals surface area contributed by atoms with Crippen LogP contribution in [0.5, 0.6) is 0 Å². The first-order valence-electron chi connectivity index (χ1n) is 6.46. The highest BCUT2D eigenvalue weighted by Gasteiger charge is 2.09. The van der Waals surface area contributed by atoms with E-state index in [4.69, 9.17) is 4.42 Å². The Morgan fingerprint density at radius 1 is 1.32 bits per heavy atom. The molecule has 22 heavy (non-hydrogen) atoms. The van der Waals surface area contributed by atoms with Gasteiger partial charge in [0.2, 0.25) is 5.82 Å². The van der Waals surface area contributed by atoms with E-state index in [2.05, 4.69) is 25.8 Å². The first kappa shape index (κ1) is 13.8. The van der Waals surface area contributed by atoms with E-state index in [1.54, 1.807) is 18.2 Å². The summed E-state index contributed by atoms with van der Waals surface area (Å²) in [6, 6.07) is 8.62. The lowest BCUT2D eigenvalue weighted by molar-refractivity contribution is 0.251. The van der Waals surface area contributed by atoms with Crippen molar-refractivity contribution >= 4 is 11.7 Å². The van der Waals surface area contributed by atoms with Crippen LogP contribution in [0.4, 0.5) is 14.9 Å². The molecule has 0 aliphatic carbocycles. The molecule has 0 bridgehead atoms. The maximum Gasteiger partial charge on any atom is 0.319 e. The molecule has 3 N–H and O–H groups in total. The minimum Gasteiger partial charge on any atom is -0.461 e. The number of hydrogen-bond acceptors (Lipinski definition) is 4. The number of anilines is 1. The van der Waals surface area contributed by atoms with Crippen molar-refractivity contribution < 1.29 is 13.6 Å². The number of urea groups is 1. The van der Waals surface area contributed by atoms with Crippen LogP contribution in [0, 0.1) is 5.82 Å². The van der Waals surface area contributed by atoms with E-state index in [0.717, 1.165) is 0 Å². The Morgan fingerprint density at radius 3 is 3.00 bits per heavy atom. The van der Waals surface area contributed by atoms with E-state index < -0.39 is 11.8 Å². The number of H-pyrrole nitrogens is 1. The van der Waals surface area contributed by atoms with Gasteiger partial charge in [-0.3, -0.25) is 5.10 Å². The Bertz CT molecular complexity index is 769. The number of hydrogen-bond donors (Lipinski definition) is 3. The quantitative estimate of drug-likeness (QED) is 0.690. The Kier molecular flexibility index (Phi) is 3.82. The SMILES string of the molecule is O=C(NCc1nc(-c2ccco2)n[nH]1)Nc1cccc(F)c1. The largest absolute Gasteiger partial charge is 0.461 e. The summed E-state index contributed by atoms with van der Waals surface area (Å²) in [5, 5.41) is 11.8. The molecule has 3 rings (SSSR count). The minimum absolute atomic E-state index is 0.148. The zero-order valence-electron chi connectivity index (χ0n) is 11.3. The van der Waals surface area contributed by atoms with Gasteiger partial charge in [-0.1, -0.05) is 6.07 Å². The molecule has 0 fully saturated rings. The van der Waals surface area contributed by atoms with E-state index in [-0.39, 0.29) is 6.54 Å². The highest BCUT2D eigenvalue weighted by Crippen LogP contribution is 2.14. The third-order valence-electron chi connectivity index (χ3n) is 2.77. The van der Waals surface area contributed by atoms with Crippen LogP contribution in [0.25, 0.3) is 11.6 Å². The zero-order valence-corrected chi connectivity index (χ0v) is 11.3. The van der Waals surface area contributed by atoms with E-state index in [1.165, 1.54) is 24.5 Å². The highest BCUT2D eigenvalue weighted by atomic mass is 19.1. The molecule has 2 heterocycles. The second-order valence-electron chi connectivity index (χ2n) is 4.40. The third-order valence-corrected chi connectivity index (χ3v) is 2.77. The van der Waals surface area contributed by atoms with Gasteiger partial charge in [0.05, 0.1) is 12.8 Å². The lowest BCUT2D eigenvalue weighted by Gasteiger charge is -2.06. The van der Waals surface area contributed by atoms with Crippen molar-refractivity contribution in [1.82, 2.24) is 20.5 Å². The number of aromatic nitrogens is 3. The van der Waals surface area contributed by atoms with Crippen molar-refractivity contribution in [3.05, 3.63) is 54.3 Å². The maximum atomic E-state index is 13.0. The number of aromatic amines is 1. The fraction of sp³-hybridized carbons (Fsp3) is 0.0714. The molecule has 0 saturated carbocycles. The summed E-state index contributed by atoms with van der Waals surface area (Å²) < 4.78 is 18.2. The number of benzene rings is 1. The highest BCUT2D eigenvalue weighted by molar-refractivity contribution is 5.89. The normalized spacial score (nSPS) is 10.4. The average molecular weight is 301 g/mol. The Balaban J connectivity index is 1.55. The summed E-state index contributed by atoms with van der Waals surface area (Å²) in [4.78, 5) is 15.9. The van der Waals surface area contributed by atoms with Gasteiger partial charge in [-0.05, 0) is 30.3 Å². The van der Waals surface area contributed by atoms with Crippen LogP contribution in [0.3, 0.4) is 0 Å². The van der Waals surface area contributed by atoms with E-state index in [0.29, 0.717) is 23.1 Å². The van der Waals surface area contributed by atoms with Crippen LogP contribution in [0.2, 0.25) is 0 Å². The first-order chi connectivity index (χ1) is 10.7. The smallest absolute Gasteiger partial charge is 0.319 e. The number of furan rings is 1. The molecule has 0 aliphatic rings. The molecule has 8 heteroatoms. The Hall–Kier alpha value is -3.16. The summed E-state index contributed by atoms with van der Waals surface area (Å²) >= 11 is 0. The zero-order chi connectivity index (χ0) is 15.4. The van der Waals surface area contributed by atoms with Crippen LogP contribution >= 0.6 is 0 Å². The molecule has 7 nitrogen and oxygen atoms in total. The number of nitrogens with zero attached hydrogens (tertiary/aromatic N) is 2. The van der Waals surface area contributed by atoms with Gasteiger partial charge in [0.15, 0.2) is 5.76 Å². The van der Waals surface area contributed by atoms with Crippen LogP contribution < -0.4 is 10.6 Å². The molecule has 112 valence electrons. The van der Waals surface area contributed by atoms with E-state index in [9.17, 15) is 9.18 Å². The van der Waals surface area contributed by atoms with Crippen LogP contribution in [0.15, 0.2) is 47.1 Å². The molecule has 1 aromatic carbocycles. The van der Waals surface area contributed by atoms with Gasteiger partial charge in [0, 0.05) is 5.69 Å². The standard InChI is InChI=1S/C14H12FN5O2/c15-9-3-1-4-10(7-9)17-14(21)16-8-12-18-13(20-19-12)11-5-2-6-22-11/h1-7H,8H2,(H2,16,17,21)(H,18,19,20). The van der Waals surface area contributed by atoms with Crippen molar-refractivity contribution in [2.45, 2.75) is 6.54 Å². The molecule has 2 aromatic heterocycles. The number of carbonyl (C=O) groups is 1. The number of halogens is 1. The average Bonchev–Trinajstić information content (AvgIpc) is 3.16. The van der Waals surface area contributed by atoms with Gasteiger partial charge in [-0.15, -0.1) is 5.10 Å². The molecule has 3 aromatic rings. The van der Waals surface area contributed by atoms with E-state index >= 15 is 0 Å². The summed E-state index contributed by atoms with van der Waals surface area (Å²) in [6.07, 6.45) is 1.52. The molecule has 0 aliphatic heterocycles. The number of carbonyl (C=O) groups excluding carboxylic acids is 1. The van der Waals surface area contributed by atoms with Gasteiger partial charge in [-0.25, -0.2) is 14.2 Å². The lowest BCUT2D eigenvalue weighted by atomic mass is 10.3. The van der Waals surface area contributed by atoms with E-state index in [1.807, 2.05) is 0 Å². The number of amides is 2. The fourth-order valence-electron chi connectivity index (χ4n) is 1.80. The Labute approximate surface area is 124 Å².